The largest absolute Gasteiger partial charge is 0.454 e. The smallest absolute Gasteiger partial charge is 0.231 e. The molecule has 8 bridgehead atoms. The van der Waals surface area contributed by atoms with Crippen molar-refractivity contribution in [1.29, 1.82) is 0 Å². The number of aromatic amines is 2. The van der Waals surface area contributed by atoms with Gasteiger partial charge in [-0.25, -0.2) is 29.9 Å². The fraction of sp³-hybridized carbons (Fsp3) is 0.0667. The molecule has 0 fully saturated rings. The van der Waals surface area contributed by atoms with Gasteiger partial charge in [0, 0.05) is 43.8 Å². The van der Waals surface area contributed by atoms with Crippen LogP contribution < -0.4 is 37.9 Å². The van der Waals surface area contributed by atoms with E-state index in [-0.39, 0.29) is 27.2 Å². The molecular formula is C60H34N8O8. The molecule has 17 rings (SSSR count). The van der Waals surface area contributed by atoms with Gasteiger partial charge < -0.3 is 47.9 Å². The molecule has 362 valence electrons. The molecule has 0 amide bonds. The molecule has 16 heteroatoms. The lowest BCUT2D eigenvalue weighted by Crippen LogP contribution is -1.92. The van der Waals surface area contributed by atoms with Gasteiger partial charge in [0.15, 0.2) is 69.3 Å². The van der Waals surface area contributed by atoms with Crippen molar-refractivity contribution in [2.75, 3.05) is 27.2 Å². The van der Waals surface area contributed by atoms with Crippen molar-refractivity contribution in [3.05, 3.63) is 146 Å². The van der Waals surface area contributed by atoms with Gasteiger partial charge in [-0.2, -0.15) is 0 Å². The summed E-state index contributed by atoms with van der Waals surface area (Å²) in [6, 6.07) is 48.3. The number of benzene rings is 8. The predicted molar refractivity (Wildman–Crippen MR) is 282 cm³/mol. The first kappa shape index (κ1) is 41.0. The Balaban J connectivity index is 1.01. The Labute approximate surface area is 429 Å². The summed E-state index contributed by atoms with van der Waals surface area (Å²) in [5, 5.41) is 3.25. The van der Waals surface area contributed by atoms with E-state index in [1.54, 1.807) is 0 Å². The molecule has 8 aromatic carbocycles. The Kier molecular flexibility index (Phi) is 8.38. The van der Waals surface area contributed by atoms with E-state index >= 15 is 0 Å². The maximum atomic E-state index is 5.89. The molecule has 0 unspecified atom stereocenters. The second-order valence-electron chi connectivity index (χ2n) is 18.8. The second-order valence-corrected chi connectivity index (χ2v) is 18.8. The maximum absolute atomic E-state index is 5.89. The molecular weight excluding hydrogens is 961 g/mol. The van der Waals surface area contributed by atoms with Crippen LogP contribution in [0.5, 0.6) is 46.0 Å². The third-order valence-corrected chi connectivity index (χ3v) is 14.7. The highest BCUT2D eigenvalue weighted by Crippen LogP contribution is 2.48. The second kappa shape index (κ2) is 15.5. The highest BCUT2D eigenvalue weighted by Gasteiger charge is 2.29. The normalized spacial score (nSPS) is 13.9. The molecule has 3 aromatic heterocycles. The Hall–Kier alpha value is -10.5. The summed E-state index contributed by atoms with van der Waals surface area (Å²) < 4.78 is 46.5. The molecule has 2 N–H and O–H groups in total. The van der Waals surface area contributed by atoms with Gasteiger partial charge in [0.25, 0.3) is 0 Å². The van der Waals surface area contributed by atoms with Crippen LogP contribution in [0.4, 0.5) is 0 Å². The van der Waals surface area contributed by atoms with Gasteiger partial charge >= 0.3 is 0 Å². The molecule has 9 heterocycles. The van der Waals surface area contributed by atoms with Crippen LogP contribution in [-0.4, -0.2) is 67.0 Å². The number of H-pyrrole nitrogens is 2. The molecule has 11 aromatic rings. The fourth-order valence-electron chi connectivity index (χ4n) is 11.2. The van der Waals surface area contributed by atoms with Crippen LogP contribution >= 0.6 is 0 Å². The molecule has 0 radical (unpaired) electrons. The van der Waals surface area contributed by atoms with Crippen molar-refractivity contribution in [3.8, 4) is 136 Å². The van der Waals surface area contributed by atoms with Crippen LogP contribution in [0.3, 0.4) is 0 Å². The standard InChI is InChI=1S/C60H34N8O8/c1-5-33(29-13-17-41-45(21-29)73-25-69-41)49-37(9-1)53-61-57(49)66-54-39-11-3-7-35(31-15-19-43-47(23-31)75-27-71-43)51(39)59(63-54)68-56-40-12-4-8-36(32-16-20-44-48(24-32)76-28-72-44)52(40)60(64-56)67-55-38-10-2-6-34(50(38)58(62-55)65-53)30-14-18-42-46(22-30)74-26-70-42/h1-24H,25-28H2,(H2,61,62,63,64,65,66,67,68). The van der Waals surface area contributed by atoms with Crippen LogP contribution in [-0.2, 0) is 0 Å². The number of nitrogens with zero attached hydrogens (tertiary/aromatic N) is 6. The fourth-order valence-corrected chi connectivity index (χ4v) is 11.2. The molecule has 6 aliphatic heterocycles. The highest BCUT2D eigenvalue weighted by molar-refractivity contribution is 6.14. The minimum absolute atomic E-state index is 0.150. The van der Waals surface area contributed by atoms with E-state index in [0.29, 0.717) is 91.9 Å². The first-order valence-corrected chi connectivity index (χ1v) is 24.6. The predicted octanol–water partition coefficient (Wildman–Crippen LogP) is 12.5. The zero-order valence-corrected chi connectivity index (χ0v) is 39.6. The van der Waals surface area contributed by atoms with Crippen molar-refractivity contribution >= 4 is 44.1 Å². The quantitative estimate of drug-likeness (QED) is 0.170. The number of ether oxygens (including phenoxy) is 8. The van der Waals surface area contributed by atoms with Crippen molar-refractivity contribution in [2.24, 2.45) is 0 Å². The molecule has 0 saturated heterocycles. The first-order chi connectivity index (χ1) is 37.6. The molecule has 0 aliphatic carbocycles. The molecule has 6 aliphatic rings. The average molecular weight is 995 g/mol. The summed E-state index contributed by atoms with van der Waals surface area (Å²) in [5.41, 5.74) is 12.4. The molecule has 0 atom stereocenters. The Morgan fingerprint density at radius 3 is 0.987 bits per heavy atom. The zero-order chi connectivity index (χ0) is 49.6. The topological polar surface area (TPSA) is 183 Å². The van der Waals surface area contributed by atoms with E-state index in [9.17, 15) is 0 Å². The molecule has 0 saturated carbocycles. The summed E-state index contributed by atoms with van der Waals surface area (Å²) in [6.07, 6.45) is 0. The SMILES string of the molecule is c1cc(-c2ccc3c(c2)OCO3)c2c(c1)-c1nc-2nc2[nH]c(nc3nc(nc4[nH]c(n1)c1c(-c5ccc6c(c5)OCO6)cccc41)-c1c(-c4ccc5c(c4)OCO5)cccc1-3)c1c(-c3ccc4c(c3)OCO4)cccc21. The van der Waals surface area contributed by atoms with E-state index in [1.807, 2.05) is 121 Å². The number of rotatable bonds is 4. The van der Waals surface area contributed by atoms with E-state index in [4.69, 9.17) is 67.8 Å². The Morgan fingerprint density at radius 2 is 0.592 bits per heavy atom. The van der Waals surface area contributed by atoms with Gasteiger partial charge in [0.05, 0.1) is 0 Å². The van der Waals surface area contributed by atoms with E-state index in [1.165, 1.54) is 0 Å². The van der Waals surface area contributed by atoms with Crippen molar-refractivity contribution < 1.29 is 37.9 Å². The first-order valence-electron chi connectivity index (χ1n) is 24.6. The van der Waals surface area contributed by atoms with Gasteiger partial charge in [-0.05, 0) is 93.0 Å². The van der Waals surface area contributed by atoms with Gasteiger partial charge in [0.1, 0.15) is 22.6 Å². The van der Waals surface area contributed by atoms with Crippen molar-refractivity contribution in [1.82, 2.24) is 39.9 Å². The van der Waals surface area contributed by atoms with Crippen LogP contribution in [0, 0.1) is 0 Å². The third kappa shape index (κ3) is 6.11. The minimum atomic E-state index is 0.150. The number of fused-ring (bicyclic) bond motifs is 24. The van der Waals surface area contributed by atoms with Crippen LogP contribution in [0.2, 0.25) is 0 Å². The van der Waals surface area contributed by atoms with Crippen molar-refractivity contribution in [2.45, 2.75) is 0 Å². The zero-order valence-electron chi connectivity index (χ0n) is 39.6. The Morgan fingerprint density at radius 1 is 0.276 bits per heavy atom. The van der Waals surface area contributed by atoms with Gasteiger partial charge in [0.2, 0.25) is 27.2 Å². The lowest BCUT2D eigenvalue weighted by atomic mass is 9.95. The number of aromatic nitrogens is 8. The van der Waals surface area contributed by atoms with E-state index in [0.717, 1.165) is 88.3 Å². The maximum Gasteiger partial charge on any atom is 0.231 e. The minimum Gasteiger partial charge on any atom is -0.454 e. The average Bonchev–Trinajstić information content (AvgIpc) is 4.34. The van der Waals surface area contributed by atoms with Crippen LogP contribution in [0.25, 0.3) is 134 Å². The summed E-state index contributed by atoms with van der Waals surface area (Å²) in [5.74, 6) is 7.16. The summed E-state index contributed by atoms with van der Waals surface area (Å²) in [6.45, 7) is 0.601. The van der Waals surface area contributed by atoms with Gasteiger partial charge in [-0.3, -0.25) is 0 Å². The number of nitrogens with one attached hydrogen (secondary N) is 2. The van der Waals surface area contributed by atoms with E-state index in [2.05, 4.69) is 34.2 Å². The van der Waals surface area contributed by atoms with E-state index < -0.39 is 0 Å². The lowest BCUT2D eigenvalue weighted by molar-refractivity contribution is 0.173. The summed E-state index contributed by atoms with van der Waals surface area (Å²) in [7, 11) is 0. The third-order valence-electron chi connectivity index (χ3n) is 14.7. The van der Waals surface area contributed by atoms with Gasteiger partial charge in [-0.1, -0.05) is 97.1 Å². The highest BCUT2D eigenvalue weighted by atomic mass is 16.7. The number of hydrogen-bond donors (Lipinski definition) is 2. The van der Waals surface area contributed by atoms with Gasteiger partial charge in [-0.15, -0.1) is 0 Å². The monoisotopic (exact) mass is 994 g/mol. The van der Waals surface area contributed by atoms with Crippen LogP contribution in [0.15, 0.2) is 146 Å². The Bertz CT molecular complexity index is 4300. The lowest BCUT2D eigenvalue weighted by Gasteiger charge is -2.09. The molecule has 16 nitrogen and oxygen atoms in total. The summed E-state index contributed by atoms with van der Waals surface area (Å²) >= 11 is 0. The molecule has 76 heavy (non-hydrogen) atoms. The number of hydrogen-bond acceptors (Lipinski definition) is 14. The molecule has 0 spiro atoms. The van der Waals surface area contributed by atoms with Crippen LogP contribution in [0.1, 0.15) is 0 Å². The van der Waals surface area contributed by atoms with Crippen molar-refractivity contribution in [3.63, 3.8) is 0 Å². The summed E-state index contributed by atoms with van der Waals surface area (Å²) in [4.78, 5) is 40.1.